The fourth-order valence-corrected chi connectivity index (χ4v) is 1.75. The predicted octanol–water partition coefficient (Wildman–Crippen LogP) is 2.58. The summed E-state index contributed by atoms with van der Waals surface area (Å²) in [6.07, 6.45) is -0.933. The van der Waals surface area contributed by atoms with Gasteiger partial charge < -0.3 is 14.7 Å². The van der Waals surface area contributed by atoms with E-state index in [9.17, 15) is 4.79 Å². The molecule has 16 heavy (non-hydrogen) atoms. The summed E-state index contributed by atoms with van der Waals surface area (Å²) in [6.45, 7) is 1.15. The number of hydrogen-bond donors (Lipinski definition) is 1. The Morgan fingerprint density at radius 2 is 2.31 bits per heavy atom. The molecule has 0 spiro atoms. The molecule has 88 valence electrons. The van der Waals surface area contributed by atoms with E-state index < -0.39 is 6.09 Å². The smallest absolute Gasteiger partial charge is 0.407 e. The van der Waals surface area contributed by atoms with Crippen LogP contribution < -0.4 is 0 Å². The topological polar surface area (TPSA) is 49.8 Å². The molecule has 0 atom stereocenters. The molecular weight excluding hydrogens is 274 g/mol. The number of carbonyl (C=O) groups is 1. The molecule has 0 aromatic heterocycles. The minimum atomic E-state index is -0.933. The fraction of sp³-hybridized carbons (Fsp3) is 0.364. The van der Waals surface area contributed by atoms with Gasteiger partial charge in [-0.1, -0.05) is 28.1 Å². The number of amides is 1. The Morgan fingerprint density at radius 1 is 1.56 bits per heavy atom. The van der Waals surface area contributed by atoms with Gasteiger partial charge in [0, 0.05) is 24.7 Å². The molecule has 0 aliphatic carbocycles. The van der Waals surface area contributed by atoms with Crippen LogP contribution in [0, 0.1) is 0 Å². The van der Waals surface area contributed by atoms with E-state index in [-0.39, 0.29) is 0 Å². The second-order valence-electron chi connectivity index (χ2n) is 3.33. The lowest BCUT2D eigenvalue weighted by atomic mass is 10.2. The van der Waals surface area contributed by atoms with E-state index in [1.165, 1.54) is 4.90 Å². The molecule has 4 nitrogen and oxygen atoms in total. The molecule has 1 aromatic rings. The van der Waals surface area contributed by atoms with E-state index in [0.717, 1.165) is 10.0 Å². The highest BCUT2D eigenvalue weighted by Gasteiger charge is 2.11. The Morgan fingerprint density at radius 3 is 2.88 bits per heavy atom. The molecule has 0 saturated heterocycles. The summed E-state index contributed by atoms with van der Waals surface area (Å²) in [5.74, 6) is 0. The number of benzene rings is 1. The molecule has 0 heterocycles. The molecule has 1 rings (SSSR count). The highest BCUT2D eigenvalue weighted by molar-refractivity contribution is 9.10. The molecule has 5 heteroatoms. The van der Waals surface area contributed by atoms with Crippen LogP contribution in [-0.2, 0) is 11.3 Å². The molecule has 0 unspecified atom stereocenters. The van der Waals surface area contributed by atoms with Crippen molar-refractivity contribution in [1.82, 2.24) is 4.90 Å². The lowest BCUT2D eigenvalue weighted by Gasteiger charge is -2.18. The molecule has 1 amide bonds. The molecule has 0 aliphatic heterocycles. The number of ether oxygens (including phenoxy) is 1. The Bertz CT molecular complexity index is 357. The van der Waals surface area contributed by atoms with Crippen LogP contribution in [0.3, 0.4) is 0 Å². The summed E-state index contributed by atoms with van der Waals surface area (Å²) >= 11 is 3.35. The molecule has 0 bridgehead atoms. The molecule has 1 aromatic carbocycles. The second kappa shape index (κ2) is 6.50. The van der Waals surface area contributed by atoms with E-state index in [2.05, 4.69) is 15.9 Å². The normalized spacial score (nSPS) is 10.1. The standard InChI is InChI=1S/C11H14BrNO3/c1-16-6-5-13(11(14)15)8-9-3-2-4-10(12)7-9/h2-4,7H,5-6,8H2,1H3,(H,14,15). The van der Waals surface area contributed by atoms with Gasteiger partial charge in [-0.15, -0.1) is 0 Å². The van der Waals surface area contributed by atoms with Gasteiger partial charge in [-0.2, -0.15) is 0 Å². The van der Waals surface area contributed by atoms with Gasteiger partial charge in [0.2, 0.25) is 0 Å². The van der Waals surface area contributed by atoms with Crippen LogP contribution >= 0.6 is 15.9 Å². The van der Waals surface area contributed by atoms with E-state index in [1.807, 2.05) is 24.3 Å². The van der Waals surface area contributed by atoms with Gasteiger partial charge in [0.15, 0.2) is 0 Å². The number of methoxy groups -OCH3 is 1. The maximum atomic E-state index is 11.0. The molecule has 0 radical (unpaired) electrons. The SMILES string of the molecule is COCCN(Cc1cccc(Br)c1)C(=O)O. The summed E-state index contributed by atoms with van der Waals surface area (Å²) in [5.41, 5.74) is 0.952. The van der Waals surface area contributed by atoms with Crippen LogP contribution in [0.5, 0.6) is 0 Å². The highest BCUT2D eigenvalue weighted by Crippen LogP contribution is 2.13. The molecule has 1 N–H and O–H groups in total. The minimum Gasteiger partial charge on any atom is -0.465 e. The van der Waals surface area contributed by atoms with Gasteiger partial charge >= 0.3 is 6.09 Å². The first-order valence-corrected chi connectivity index (χ1v) is 5.64. The molecule has 0 fully saturated rings. The van der Waals surface area contributed by atoms with Gasteiger partial charge in [0.25, 0.3) is 0 Å². The Kier molecular flexibility index (Phi) is 5.28. The Balaban J connectivity index is 2.64. The summed E-state index contributed by atoms with van der Waals surface area (Å²) in [6, 6.07) is 7.59. The van der Waals surface area contributed by atoms with E-state index >= 15 is 0 Å². The third-order valence-electron chi connectivity index (χ3n) is 2.10. The third-order valence-corrected chi connectivity index (χ3v) is 2.59. The van der Waals surface area contributed by atoms with Crippen LogP contribution in [0.4, 0.5) is 4.79 Å². The predicted molar refractivity (Wildman–Crippen MR) is 64.5 cm³/mol. The van der Waals surface area contributed by atoms with Crippen LogP contribution in [-0.4, -0.2) is 36.4 Å². The van der Waals surface area contributed by atoms with Gasteiger partial charge in [0.05, 0.1) is 6.61 Å². The zero-order valence-electron chi connectivity index (χ0n) is 9.02. The zero-order valence-corrected chi connectivity index (χ0v) is 10.6. The summed E-state index contributed by atoms with van der Waals surface area (Å²) < 4.78 is 5.82. The van der Waals surface area contributed by atoms with Crippen molar-refractivity contribution in [3.05, 3.63) is 34.3 Å². The Labute approximate surface area is 103 Å². The second-order valence-corrected chi connectivity index (χ2v) is 4.24. The van der Waals surface area contributed by atoms with Crippen LogP contribution in [0.25, 0.3) is 0 Å². The fourth-order valence-electron chi connectivity index (χ4n) is 1.30. The van der Waals surface area contributed by atoms with Crippen molar-refractivity contribution in [2.75, 3.05) is 20.3 Å². The van der Waals surface area contributed by atoms with Crippen LogP contribution in [0.1, 0.15) is 5.56 Å². The summed E-state index contributed by atoms with van der Waals surface area (Å²) in [7, 11) is 1.55. The molecule has 0 aliphatic rings. The highest BCUT2D eigenvalue weighted by atomic mass is 79.9. The lowest BCUT2D eigenvalue weighted by Crippen LogP contribution is -2.31. The van der Waals surface area contributed by atoms with Gasteiger partial charge in [0.1, 0.15) is 0 Å². The largest absolute Gasteiger partial charge is 0.465 e. The van der Waals surface area contributed by atoms with Crippen molar-refractivity contribution >= 4 is 22.0 Å². The molecular formula is C11H14BrNO3. The zero-order chi connectivity index (χ0) is 12.0. The van der Waals surface area contributed by atoms with Gasteiger partial charge in [-0.25, -0.2) is 4.79 Å². The average molecular weight is 288 g/mol. The van der Waals surface area contributed by atoms with Crippen molar-refractivity contribution in [1.29, 1.82) is 0 Å². The maximum absolute atomic E-state index is 11.0. The van der Waals surface area contributed by atoms with Gasteiger partial charge in [-0.3, -0.25) is 0 Å². The molecule has 0 saturated carbocycles. The monoisotopic (exact) mass is 287 g/mol. The van der Waals surface area contributed by atoms with Crippen molar-refractivity contribution in [2.45, 2.75) is 6.54 Å². The number of carboxylic acid groups (broad SMARTS) is 1. The first kappa shape index (κ1) is 13.0. The van der Waals surface area contributed by atoms with E-state index in [4.69, 9.17) is 9.84 Å². The average Bonchev–Trinajstić information content (AvgIpc) is 2.24. The van der Waals surface area contributed by atoms with E-state index in [1.54, 1.807) is 7.11 Å². The first-order valence-electron chi connectivity index (χ1n) is 4.84. The van der Waals surface area contributed by atoms with Gasteiger partial charge in [-0.05, 0) is 17.7 Å². The number of rotatable bonds is 5. The van der Waals surface area contributed by atoms with Crippen molar-refractivity contribution in [3.8, 4) is 0 Å². The first-order chi connectivity index (χ1) is 7.63. The number of nitrogens with zero attached hydrogens (tertiary/aromatic N) is 1. The lowest BCUT2D eigenvalue weighted by molar-refractivity contribution is 0.115. The van der Waals surface area contributed by atoms with E-state index in [0.29, 0.717) is 19.7 Å². The Hall–Kier alpha value is -1.07. The number of halogens is 1. The maximum Gasteiger partial charge on any atom is 0.407 e. The van der Waals surface area contributed by atoms with Crippen molar-refractivity contribution < 1.29 is 14.6 Å². The van der Waals surface area contributed by atoms with Crippen molar-refractivity contribution in [2.24, 2.45) is 0 Å². The minimum absolute atomic E-state index is 0.373. The van der Waals surface area contributed by atoms with Crippen molar-refractivity contribution in [3.63, 3.8) is 0 Å². The summed E-state index contributed by atoms with van der Waals surface area (Å²) in [4.78, 5) is 12.3. The van der Waals surface area contributed by atoms with Crippen LogP contribution in [0.2, 0.25) is 0 Å². The quantitative estimate of drug-likeness (QED) is 0.906. The van der Waals surface area contributed by atoms with Crippen LogP contribution in [0.15, 0.2) is 28.7 Å². The summed E-state index contributed by atoms with van der Waals surface area (Å²) in [5, 5.41) is 8.99. The number of hydrogen-bond acceptors (Lipinski definition) is 2. The third kappa shape index (κ3) is 4.20.